The van der Waals surface area contributed by atoms with Crippen molar-refractivity contribution in [3.05, 3.63) is 29.8 Å². The average molecular weight is 419 g/mol. The van der Waals surface area contributed by atoms with Crippen LogP contribution >= 0.6 is 24.8 Å². The van der Waals surface area contributed by atoms with Crippen LogP contribution in [0.3, 0.4) is 0 Å². The first kappa shape index (κ1) is 23.7. The first-order chi connectivity index (χ1) is 12.1. The van der Waals surface area contributed by atoms with Crippen LogP contribution < -0.4 is 10.6 Å². The molecule has 0 spiro atoms. The molecule has 0 bridgehead atoms. The van der Waals surface area contributed by atoms with E-state index in [-0.39, 0.29) is 36.5 Å². The van der Waals surface area contributed by atoms with E-state index in [1.54, 1.807) is 6.07 Å². The fourth-order valence-corrected chi connectivity index (χ4v) is 3.66. The molecular weight excluding hydrogens is 390 g/mol. The molecule has 2 aromatic rings. The number of carbonyl (C=O) groups excluding carboxylic acids is 1. The van der Waals surface area contributed by atoms with Gasteiger partial charge in [0.25, 0.3) is 0 Å². The Morgan fingerprint density at radius 1 is 1.44 bits per heavy atom. The first-order valence-corrected chi connectivity index (χ1v) is 9.13. The minimum atomic E-state index is -0.307. The van der Waals surface area contributed by atoms with Crippen LogP contribution in [0.15, 0.2) is 18.2 Å². The van der Waals surface area contributed by atoms with E-state index in [1.165, 1.54) is 18.9 Å². The maximum Gasteiger partial charge on any atom is 0.220 e. The van der Waals surface area contributed by atoms with Gasteiger partial charge in [-0.1, -0.05) is 13.0 Å². The Hall–Kier alpha value is -1.37. The van der Waals surface area contributed by atoms with Gasteiger partial charge in [-0.05, 0) is 49.9 Å². The van der Waals surface area contributed by atoms with Gasteiger partial charge in [0, 0.05) is 26.4 Å². The van der Waals surface area contributed by atoms with Gasteiger partial charge in [0.15, 0.2) is 5.82 Å². The average Bonchev–Trinajstić information content (AvgIpc) is 2.93. The fraction of sp³-hybridized carbons (Fsp3) is 0.579. The second kappa shape index (κ2) is 10.8. The number of hydrogen-bond donors (Lipinski definition) is 2. The quantitative estimate of drug-likeness (QED) is 0.756. The number of hydrogen-bond acceptors (Lipinski definition) is 3. The Kier molecular flexibility index (Phi) is 9.50. The number of para-hydroxylation sites is 1. The zero-order valence-electron chi connectivity index (χ0n) is 15.8. The Balaban J connectivity index is 0.00000182. The summed E-state index contributed by atoms with van der Waals surface area (Å²) >= 11 is 0. The maximum atomic E-state index is 13.8. The minimum absolute atomic E-state index is 0. The number of aromatic nitrogens is 2. The topological polar surface area (TPSA) is 59.0 Å². The third-order valence-corrected chi connectivity index (χ3v) is 5.27. The number of rotatable bonds is 6. The van der Waals surface area contributed by atoms with Crippen LogP contribution in [0.2, 0.25) is 0 Å². The molecule has 8 heteroatoms. The Morgan fingerprint density at radius 2 is 2.22 bits per heavy atom. The summed E-state index contributed by atoms with van der Waals surface area (Å²) in [5.41, 5.74) is 1.17. The van der Waals surface area contributed by atoms with Gasteiger partial charge in [-0.2, -0.15) is 0 Å². The number of aryl methyl sites for hydroxylation is 1. The van der Waals surface area contributed by atoms with Crippen LogP contribution in [-0.2, 0) is 18.3 Å². The van der Waals surface area contributed by atoms with Crippen LogP contribution in [-0.4, -0.2) is 35.1 Å². The number of fused-ring (bicyclic) bond motifs is 1. The molecule has 1 aromatic carbocycles. The highest BCUT2D eigenvalue weighted by atomic mass is 35.5. The van der Waals surface area contributed by atoms with E-state index in [1.807, 2.05) is 17.7 Å². The molecule has 5 nitrogen and oxygen atoms in total. The number of amides is 1. The van der Waals surface area contributed by atoms with Gasteiger partial charge in [0.1, 0.15) is 11.3 Å². The molecule has 1 aromatic heterocycles. The predicted molar refractivity (Wildman–Crippen MR) is 111 cm³/mol. The van der Waals surface area contributed by atoms with E-state index in [2.05, 4.69) is 22.5 Å². The monoisotopic (exact) mass is 418 g/mol. The Labute approximate surface area is 172 Å². The number of benzene rings is 1. The highest BCUT2D eigenvalue weighted by Crippen LogP contribution is 2.22. The zero-order chi connectivity index (χ0) is 17.8. The third kappa shape index (κ3) is 5.80. The van der Waals surface area contributed by atoms with Crippen LogP contribution in [0.4, 0.5) is 4.39 Å². The number of piperidine rings is 1. The normalized spacial score (nSPS) is 17.7. The van der Waals surface area contributed by atoms with Crippen molar-refractivity contribution in [2.24, 2.45) is 18.9 Å². The van der Waals surface area contributed by atoms with Gasteiger partial charge in [-0.3, -0.25) is 4.79 Å². The van der Waals surface area contributed by atoms with Crippen molar-refractivity contribution >= 4 is 41.8 Å². The summed E-state index contributed by atoms with van der Waals surface area (Å²) in [6.45, 7) is 4.78. The molecule has 1 fully saturated rings. The lowest BCUT2D eigenvalue weighted by Crippen LogP contribution is -2.36. The summed E-state index contributed by atoms with van der Waals surface area (Å²) in [5.74, 6) is 1.53. The third-order valence-electron chi connectivity index (χ3n) is 5.27. The van der Waals surface area contributed by atoms with Crippen molar-refractivity contribution < 1.29 is 9.18 Å². The summed E-state index contributed by atoms with van der Waals surface area (Å²) in [7, 11) is 1.88. The molecule has 1 aliphatic heterocycles. The second-order valence-electron chi connectivity index (χ2n) is 7.08. The highest BCUT2D eigenvalue weighted by Gasteiger charge is 2.22. The number of nitrogens with one attached hydrogen (secondary N) is 2. The summed E-state index contributed by atoms with van der Waals surface area (Å²) in [6.07, 6.45) is 3.55. The molecule has 27 heavy (non-hydrogen) atoms. The van der Waals surface area contributed by atoms with Crippen LogP contribution in [0.1, 0.15) is 32.0 Å². The van der Waals surface area contributed by atoms with Crippen LogP contribution in [0, 0.1) is 17.7 Å². The van der Waals surface area contributed by atoms with Crippen molar-refractivity contribution in [2.75, 3.05) is 19.6 Å². The van der Waals surface area contributed by atoms with Crippen LogP contribution in [0.25, 0.3) is 11.0 Å². The van der Waals surface area contributed by atoms with E-state index >= 15 is 0 Å². The molecule has 152 valence electrons. The molecule has 0 radical (unpaired) electrons. The fourth-order valence-electron chi connectivity index (χ4n) is 3.66. The summed E-state index contributed by atoms with van der Waals surface area (Å²) < 4.78 is 15.7. The number of nitrogens with zero attached hydrogens (tertiary/aromatic N) is 2. The van der Waals surface area contributed by atoms with Gasteiger partial charge >= 0.3 is 0 Å². The number of carbonyl (C=O) groups is 1. The van der Waals surface area contributed by atoms with Gasteiger partial charge in [-0.15, -0.1) is 24.8 Å². The lowest BCUT2D eigenvalue weighted by atomic mass is 9.85. The molecule has 2 unspecified atom stereocenters. The second-order valence-corrected chi connectivity index (χ2v) is 7.08. The molecule has 0 saturated carbocycles. The van der Waals surface area contributed by atoms with Gasteiger partial charge in [-0.25, -0.2) is 9.37 Å². The van der Waals surface area contributed by atoms with Crippen molar-refractivity contribution in [1.29, 1.82) is 0 Å². The Morgan fingerprint density at radius 3 is 2.89 bits per heavy atom. The van der Waals surface area contributed by atoms with E-state index in [4.69, 9.17) is 0 Å². The smallest absolute Gasteiger partial charge is 0.220 e. The number of imidazole rings is 1. The molecule has 2 N–H and O–H groups in total. The highest BCUT2D eigenvalue weighted by molar-refractivity contribution is 5.85. The van der Waals surface area contributed by atoms with Gasteiger partial charge in [0.2, 0.25) is 5.91 Å². The van der Waals surface area contributed by atoms with E-state index in [0.29, 0.717) is 36.7 Å². The van der Waals surface area contributed by atoms with Gasteiger partial charge < -0.3 is 15.2 Å². The summed E-state index contributed by atoms with van der Waals surface area (Å²) in [5, 5.41) is 6.38. The van der Waals surface area contributed by atoms with Crippen molar-refractivity contribution in [3.63, 3.8) is 0 Å². The molecular formula is C19H29Cl2FN4O. The molecule has 2 heterocycles. The van der Waals surface area contributed by atoms with E-state index in [0.717, 1.165) is 24.4 Å². The molecule has 3 rings (SSSR count). The van der Waals surface area contributed by atoms with Gasteiger partial charge in [0.05, 0.1) is 5.52 Å². The molecule has 1 aliphatic rings. The lowest BCUT2D eigenvalue weighted by Gasteiger charge is -2.28. The largest absolute Gasteiger partial charge is 0.356 e. The lowest BCUT2D eigenvalue weighted by molar-refractivity contribution is -0.122. The zero-order valence-corrected chi connectivity index (χ0v) is 17.5. The molecule has 2 atom stereocenters. The maximum absolute atomic E-state index is 13.8. The predicted octanol–water partition coefficient (Wildman–Crippen LogP) is 3.24. The van der Waals surface area contributed by atoms with Crippen molar-refractivity contribution in [1.82, 2.24) is 20.2 Å². The molecule has 0 aliphatic carbocycles. The van der Waals surface area contributed by atoms with Crippen LogP contribution in [0.5, 0.6) is 0 Å². The SMILES string of the molecule is CC(CC(=O)NCCc1nc2c(F)cccc2n1C)C1CCCNC1.Cl.Cl. The van der Waals surface area contributed by atoms with E-state index < -0.39 is 0 Å². The summed E-state index contributed by atoms with van der Waals surface area (Å²) in [4.78, 5) is 16.6. The van der Waals surface area contributed by atoms with E-state index in [9.17, 15) is 9.18 Å². The van der Waals surface area contributed by atoms with Crippen molar-refractivity contribution in [3.8, 4) is 0 Å². The standard InChI is InChI=1S/C19H27FN4O.2ClH/c1-13(14-5-4-9-21-12-14)11-18(25)22-10-8-17-23-19-15(20)6-3-7-16(19)24(17)2;;/h3,6-7,13-14,21H,4-5,8-12H2,1-2H3,(H,22,25);2*1H. The molecule has 1 amide bonds. The number of halogens is 3. The first-order valence-electron chi connectivity index (χ1n) is 9.13. The Bertz CT molecular complexity index is 747. The summed E-state index contributed by atoms with van der Waals surface area (Å²) in [6, 6.07) is 4.96. The van der Waals surface area contributed by atoms with Crippen molar-refractivity contribution in [2.45, 2.75) is 32.6 Å². The minimum Gasteiger partial charge on any atom is -0.356 e. The molecule has 1 saturated heterocycles.